The highest BCUT2D eigenvalue weighted by atomic mass is 32.2. The molecule has 1 fully saturated rings. The summed E-state index contributed by atoms with van der Waals surface area (Å²) in [4.78, 5) is 15.3. The Morgan fingerprint density at radius 1 is 1.06 bits per heavy atom. The third kappa shape index (κ3) is 5.23. The van der Waals surface area contributed by atoms with E-state index in [9.17, 15) is 13.2 Å². The standard InChI is InChI=1S/C26H36N4O3S/c1-19(26(31)28-23-13-9-11-20-10-5-6-12-22(20)23)27-24-18-21(14-15-25(24)29(2)3)34(32,33)30-16-7-4-8-17-30/h5-6,10,12,14-15,18-19,23,27H,4,7-9,11,13,16-17H2,1-3H3,(H,28,31)/t19-,23+/m1/s1. The molecule has 1 heterocycles. The predicted octanol–water partition coefficient (Wildman–Crippen LogP) is 3.92. The number of piperidine rings is 1. The molecule has 1 aliphatic carbocycles. The van der Waals surface area contributed by atoms with Crippen molar-refractivity contribution >= 4 is 27.3 Å². The zero-order valence-electron chi connectivity index (χ0n) is 20.4. The van der Waals surface area contributed by atoms with Gasteiger partial charge in [0.1, 0.15) is 6.04 Å². The van der Waals surface area contributed by atoms with E-state index in [4.69, 9.17) is 0 Å². The van der Waals surface area contributed by atoms with Gasteiger partial charge >= 0.3 is 0 Å². The van der Waals surface area contributed by atoms with E-state index in [2.05, 4.69) is 22.8 Å². The van der Waals surface area contributed by atoms with Gasteiger partial charge in [-0.05, 0) is 68.4 Å². The number of nitrogens with zero attached hydrogens (tertiary/aromatic N) is 2. The largest absolute Gasteiger partial charge is 0.376 e. The van der Waals surface area contributed by atoms with Crippen LogP contribution >= 0.6 is 0 Å². The lowest BCUT2D eigenvalue weighted by Gasteiger charge is -2.29. The van der Waals surface area contributed by atoms with Crippen molar-refractivity contribution in [3.8, 4) is 0 Å². The smallest absolute Gasteiger partial charge is 0.243 e. The Morgan fingerprint density at radius 2 is 1.79 bits per heavy atom. The molecule has 2 aromatic carbocycles. The number of hydrogen-bond donors (Lipinski definition) is 2. The number of aryl methyl sites for hydroxylation is 1. The predicted molar refractivity (Wildman–Crippen MR) is 137 cm³/mol. The highest BCUT2D eigenvalue weighted by Crippen LogP contribution is 2.32. The summed E-state index contributed by atoms with van der Waals surface area (Å²) in [7, 11) is 0.247. The second kappa shape index (κ2) is 10.4. The SMILES string of the molecule is C[C@@H](Nc1cc(S(=O)(=O)N2CCCCC2)ccc1N(C)C)C(=O)N[C@H]1CCCc2ccccc21. The Morgan fingerprint density at radius 3 is 2.53 bits per heavy atom. The van der Waals surface area contributed by atoms with Gasteiger partial charge in [-0.1, -0.05) is 30.7 Å². The normalized spacial score (nSPS) is 19.7. The van der Waals surface area contributed by atoms with E-state index in [1.807, 2.05) is 38.1 Å². The van der Waals surface area contributed by atoms with Crippen LogP contribution in [0.1, 0.15) is 56.2 Å². The molecule has 4 rings (SSSR count). The Labute approximate surface area is 203 Å². The fraction of sp³-hybridized carbons (Fsp3) is 0.500. The monoisotopic (exact) mass is 484 g/mol. The number of sulfonamides is 1. The van der Waals surface area contributed by atoms with Crippen LogP contribution in [0.3, 0.4) is 0 Å². The Kier molecular flexibility index (Phi) is 7.48. The number of anilines is 2. The first-order valence-electron chi connectivity index (χ1n) is 12.2. The summed E-state index contributed by atoms with van der Waals surface area (Å²) in [6, 6.07) is 12.9. The zero-order chi connectivity index (χ0) is 24.3. The van der Waals surface area contributed by atoms with E-state index in [-0.39, 0.29) is 16.8 Å². The van der Waals surface area contributed by atoms with E-state index in [0.717, 1.165) is 44.2 Å². The number of fused-ring (bicyclic) bond motifs is 1. The third-order valence-electron chi connectivity index (χ3n) is 6.85. The average Bonchev–Trinajstić information content (AvgIpc) is 2.84. The minimum absolute atomic E-state index is 0.000771. The van der Waals surface area contributed by atoms with E-state index < -0.39 is 16.1 Å². The summed E-state index contributed by atoms with van der Waals surface area (Å²) in [6.07, 6.45) is 5.85. The molecule has 0 unspecified atom stereocenters. The summed E-state index contributed by atoms with van der Waals surface area (Å²) in [5.74, 6) is -0.101. The number of nitrogens with one attached hydrogen (secondary N) is 2. The molecular weight excluding hydrogens is 448 g/mol. The first-order valence-corrected chi connectivity index (χ1v) is 13.7. The van der Waals surface area contributed by atoms with Gasteiger partial charge in [-0.25, -0.2) is 8.42 Å². The molecule has 0 aromatic heterocycles. The molecule has 1 amide bonds. The fourth-order valence-electron chi connectivity index (χ4n) is 4.93. The van der Waals surface area contributed by atoms with E-state index >= 15 is 0 Å². The lowest BCUT2D eigenvalue weighted by Crippen LogP contribution is -2.40. The third-order valence-corrected chi connectivity index (χ3v) is 8.75. The lowest BCUT2D eigenvalue weighted by atomic mass is 9.87. The van der Waals surface area contributed by atoms with Crippen molar-refractivity contribution in [2.24, 2.45) is 0 Å². The van der Waals surface area contributed by atoms with Crippen molar-refractivity contribution in [2.75, 3.05) is 37.4 Å². The highest BCUT2D eigenvalue weighted by molar-refractivity contribution is 7.89. The number of carbonyl (C=O) groups excluding carboxylic acids is 1. The van der Waals surface area contributed by atoms with Crippen LogP contribution in [0.5, 0.6) is 0 Å². The molecule has 1 aliphatic heterocycles. The Balaban J connectivity index is 1.53. The van der Waals surface area contributed by atoms with Crippen LogP contribution in [-0.4, -0.2) is 51.9 Å². The van der Waals surface area contributed by atoms with E-state index in [0.29, 0.717) is 18.8 Å². The summed E-state index contributed by atoms with van der Waals surface area (Å²) in [5.41, 5.74) is 3.96. The zero-order valence-corrected chi connectivity index (χ0v) is 21.2. The fourth-order valence-corrected chi connectivity index (χ4v) is 6.48. The van der Waals surface area contributed by atoms with Crippen LogP contribution in [0.15, 0.2) is 47.4 Å². The maximum absolute atomic E-state index is 13.2. The number of hydrogen-bond acceptors (Lipinski definition) is 5. The number of benzene rings is 2. The molecule has 0 bridgehead atoms. The minimum Gasteiger partial charge on any atom is -0.376 e. The van der Waals surface area contributed by atoms with Gasteiger partial charge < -0.3 is 15.5 Å². The van der Waals surface area contributed by atoms with Gasteiger partial charge in [-0.2, -0.15) is 4.31 Å². The molecule has 2 aliphatic rings. The Hall–Kier alpha value is -2.58. The molecule has 1 saturated heterocycles. The van der Waals surface area contributed by atoms with Crippen LogP contribution in [-0.2, 0) is 21.2 Å². The topological polar surface area (TPSA) is 81.8 Å². The summed E-state index contributed by atoms with van der Waals surface area (Å²) < 4.78 is 28.0. The molecule has 0 spiro atoms. The summed E-state index contributed by atoms with van der Waals surface area (Å²) >= 11 is 0. The van der Waals surface area contributed by atoms with Gasteiger partial charge in [0.2, 0.25) is 15.9 Å². The van der Waals surface area contributed by atoms with Gasteiger partial charge in [0.15, 0.2) is 0 Å². The van der Waals surface area contributed by atoms with Crippen molar-refractivity contribution in [2.45, 2.75) is 62.4 Å². The molecule has 0 saturated carbocycles. The summed E-state index contributed by atoms with van der Waals surface area (Å²) in [6.45, 7) is 2.93. The molecule has 0 radical (unpaired) electrons. The quantitative estimate of drug-likeness (QED) is 0.623. The number of amides is 1. The Bertz CT molecular complexity index is 1130. The number of carbonyl (C=O) groups is 1. The van der Waals surface area contributed by atoms with Gasteiger partial charge in [0.25, 0.3) is 0 Å². The van der Waals surface area contributed by atoms with Crippen LogP contribution < -0.4 is 15.5 Å². The van der Waals surface area contributed by atoms with E-state index in [1.54, 1.807) is 22.5 Å². The molecular formula is C26H36N4O3S. The molecule has 184 valence electrons. The minimum atomic E-state index is -3.56. The van der Waals surface area contributed by atoms with Gasteiger partial charge in [0.05, 0.1) is 22.3 Å². The highest BCUT2D eigenvalue weighted by Gasteiger charge is 2.28. The molecule has 2 atom stereocenters. The van der Waals surface area contributed by atoms with Crippen LogP contribution in [0, 0.1) is 0 Å². The maximum atomic E-state index is 13.2. The first kappa shape index (κ1) is 24.5. The molecule has 2 aromatic rings. The van der Waals surface area contributed by atoms with Crippen molar-refractivity contribution in [1.82, 2.24) is 9.62 Å². The van der Waals surface area contributed by atoms with Crippen molar-refractivity contribution in [3.63, 3.8) is 0 Å². The van der Waals surface area contributed by atoms with Gasteiger partial charge in [0, 0.05) is 27.2 Å². The molecule has 7 nitrogen and oxygen atoms in total. The second-order valence-electron chi connectivity index (χ2n) is 9.56. The second-order valence-corrected chi connectivity index (χ2v) is 11.5. The lowest BCUT2D eigenvalue weighted by molar-refractivity contribution is -0.122. The van der Waals surface area contributed by atoms with Crippen molar-refractivity contribution < 1.29 is 13.2 Å². The summed E-state index contributed by atoms with van der Waals surface area (Å²) in [5, 5.41) is 6.48. The first-order chi connectivity index (χ1) is 16.3. The number of rotatable bonds is 7. The van der Waals surface area contributed by atoms with Gasteiger partial charge in [-0.15, -0.1) is 0 Å². The van der Waals surface area contributed by atoms with Crippen LogP contribution in [0.25, 0.3) is 0 Å². The average molecular weight is 485 g/mol. The molecule has 34 heavy (non-hydrogen) atoms. The van der Waals surface area contributed by atoms with E-state index in [1.165, 1.54) is 11.1 Å². The molecule has 2 N–H and O–H groups in total. The van der Waals surface area contributed by atoms with Crippen molar-refractivity contribution in [3.05, 3.63) is 53.6 Å². The van der Waals surface area contributed by atoms with Crippen LogP contribution in [0.2, 0.25) is 0 Å². The van der Waals surface area contributed by atoms with Gasteiger partial charge in [-0.3, -0.25) is 4.79 Å². The molecule has 8 heteroatoms. The van der Waals surface area contributed by atoms with Crippen LogP contribution in [0.4, 0.5) is 11.4 Å². The van der Waals surface area contributed by atoms with Crippen molar-refractivity contribution in [1.29, 1.82) is 0 Å². The maximum Gasteiger partial charge on any atom is 0.243 e.